The number of benzene rings is 2. The van der Waals surface area contributed by atoms with Crippen LogP contribution in [0.25, 0.3) is 11.8 Å². The maximum atomic E-state index is 13.2. The summed E-state index contributed by atoms with van der Waals surface area (Å²) in [5.74, 6) is -1.69. The molecular weight excluding hydrogens is 495 g/mol. The van der Waals surface area contributed by atoms with Gasteiger partial charge in [-0.3, -0.25) is 25.0 Å². The van der Waals surface area contributed by atoms with E-state index in [1.54, 1.807) is 26.0 Å². The molecule has 0 bridgehead atoms. The number of nitro benzene ring substituents is 1. The minimum Gasteiger partial charge on any atom is -0.318 e. The molecule has 0 aliphatic carbocycles. The normalized spacial score (nSPS) is 15.1. The zero-order valence-electron chi connectivity index (χ0n) is 18.8. The van der Waals surface area contributed by atoms with E-state index in [1.165, 1.54) is 36.4 Å². The summed E-state index contributed by atoms with van der Waals surface area (Å²) >= 11 is 12.2. The number of nitro groups is 1. The number of nitrogens with zero attached hydrogens (tertiary/aromatic N) is 3. The highest BCUT2D eigenvalue weighted by atomic mass is 35.5. The van der Waals surface area contributed by atoms with Crippen molar-refractivity contribution in [1.82, 2.24) is 9.88 Å². The van der Waals surface area contributed by atoms with Crippen LogP contribution in [0.2, 0.25) is 10.0 Å². The molecule has 2 aromatic carbocycles. The number of hydrogen-bond acceptors (Lipinski definition) is 5. The first-order valence-electron chi connectivity index (χ1n) is 10.3. The molecule has 0 saturated carbocycles. The first-order chi connectivity index (χ1) is 16.5. The Morgan fingerprint density at radius 3 is 2.37 bits per heavy atom. The van der Waals surface area contributed by atoms with E-state index in [2.05, 4.69) is 5.32 Å². The fraction of sp³-hybridized carbons (Fsp3) is 0.125. The van der Waals surface area contributed by atoms with Crippen molar-refractivity contribution < 1.29 is 19.3 Å². The Morgan fingerprint density at radius 2 is 1.71 bits per heavy atom. The molecule has 1 aliphatic rings. The lowest BCUT2D eigenvalue weighted by atomic mass is 10.1. The van der Waals surface area contributed by atoms with E-state index in [4.69, 9.17) is 23.2 Å². The zero-order chi connectivity index (χ0) is 25.6. The molecule has 3 aromatic rings. The van der Waals surface area contributed by atoms with Gasteiger partial charge in [0.1, 0.15) is 5.57 Å². The van der Waals surface area contributed by atoms with Crippen LogP contribution in [0.4, 0.5) is 16.2 Å². The summed E-state index contributed by atoms with van der Waals surface area (Å²) in [5, 5.41) is 13.4. The number of anilines is 1. The number of nitrogens with one attached hydrogen (secondary N) is 1. The van der Waals surface area contributed by atoms with Gasteiger partial charge in [-0.15, -0.1) is 0 Å². The van der Waals surface area contributed by atoms with E-state index >= 15 is 0 Å². The highest BCUT2D eigenvalue weighted by molar-refractivity contribution is 6.46. The molecule has 9 nitrogen and oxygen atoms in total. The van der Waals surface area contributed by atoms with Crippen LogP contribution < -0.4 is 10.2 Å². The molecule has 0 atom stereocenters. The second kappa shape index (κ2) is 9.01. The van der Waals surface area contributed by atoms with Crippen molar-refractivity contribution in [2.24, 2.45) is 0 Å². The number of amides is 4. The van der Waals surface area contributed by atoms with Gasteiger partial charge in [-0.25, -0.2) is 9.69 Å². The van der Waals surface area contributed by atoms with Crippen LogP contribution in [-0.2, 0) is 9.59 Å². The molecule has 1 aromatic heterocycles. The number of carbonyl (C=O) groups excluding carboxylic acids is 3. The lowest BCUT2D eigenvalue weighted by molar-refractivity contribution is -0.384. The first-order valence-corrected chi connectivity index (χ1v) is 11.1. The van der Waals surface area contributed by atoms with Gasteiger partial charge in [0, 0.05) is 29.2 Å². The third-order valence-electron chi connectivity index (χ3n) is 5.68. The monoisotopic (exact) mass is 512 g/mol. The van der Waals surface area contributed by atoms with Crippen molar-refractivity contribution in [3.8, 4) is 5.69 Å². The number of hydrogen-bond donors (Lipinski definition) is 1. The maximum absolute atomic E-state index is 13.2. The molecule has 11 heteroatoms. The van der Waals surface area contributed by atoms with Gasteiger partial charge in [0.25, 0.3) is 17.5 Å². The summed E-state index contributed by atoms with van der Waals surface area (Å²) in [7, 11) is 0. The summed E-state index contributed by atoms with van der Waals surface area (Å²) in [6.07, 6.45) is 1.40. The topological polar surface area (TPSA) is 115 Å². The molecule has 4 amide bonds. The van der Waals surface area contributed by atoms with Crippen LogP contribution in [0.15, 0.2) is 48.0 Å². The minimum atomic E-state index is -0.937. The number of imide groups is 2. The number of halogens is 2. The largest absolute Gasteiger partial charge is 0.336 e. The van der Waals surface area contributed by atoms with E-state index in [9.17, 15) is 24.5 Å². The molecule has 0 spiro atoms. The average molecular weight is 513 g/mol. The Kier molecular flexibility index (Phi) is 6.23. The fourth-order valence-corrected chi connectivity index (χ4v) is 4.39. The quantitative estimate of drug-likeness (QED) is 0.221. The van der Waals surface area contributed by atoms with Crippen LogP contribution >= 0.6 is 23.2 Å². The Balaban J connectivity index is 1.79. The highest BCUT2D eigenvalue weighted by Crippen LogP contribution is 2.35. The molecular formula is C24H18Cl2N4O5. The van der Waals surface area contributed by atoms with Crippen molar-refractivity contribution in [1.29, 1.82) is 0 Å². The maximum Gasteiger partial charge on any atom is 0.336 e. The van der Waals surface area contributed by atoms with Crippen molar-refractivity contribution in [2.45, 2.75) is 20.8 Å². The lowest BCUT2D eigenvalue weighted by Gasteiger charge is -2.27. The summed E-state index contributed by atoms with van der Waals surface area (Å²) < 4.78 is 1.87. The predicted octanol–water partition coefficient (Wildman–Crippen LogP) is 5.28. The smallest absolute Gasteiger partial charge is 0.318 e. The van der Waals surface area contributed by atoms with Gasteiger partial charge in [-0.1, -0.05) is 29.3 Å². The summed E-state index contributed by atoms with van der Waals surface area (Å²) in [5.41, 5.74) is 3.19. The van der Waals surface area contributed by atoms with Crippen molar-refractivity contribution in [2.75, 3.05) is 4.90 Å². The van der Waals surface area contributed by atoms with E-state index in [1.807, 2.05) is 11.5 Å². The van der Waals surface area contributed by atoms with Gasteiger partial charge in [-0.2, -0.15) is 0 Å². The van der Waals surface area contributed by atoms with Crippen molar-refractivity contribution >= 4 is 58.5 Å². The number of aromatic nitrogens is 1. The minimum absolute atomic E-state index is 0.00168. The number of aryl methyl sites for hydroxylation is 2. The summed E-state index contributed by atoms with van der Waals surface area (Å²) in [6.45, 7) is 5.39. The summed E-state index contributed by atoms with van der Waals surface area (Å²) in [4.78, 5) is 49.7. The van der Waals surface area contributed by atoms with E-state index in [0.29, 0.717) is 16.8 Å². The predicted molar refractivity (Wildman–Crippen MR) is 132 cm³/mol. The zero-order valence-corrected chi connectivity index (χ0v) is 20.3. The molecule has 0 unspecified atom stereocenters. The molecule has 1 aliphatic heterocycles. The first kappa shape index (κ1) is 24.2. The van der Waals surface area contributed by atoms with Crippen molar-refractivity contribution in [3.05, 3.63) is 90.7 Å². The third kappa shape index (κ3) is 4.20. The molecule has 2 heterocycles. The van der Waals surface area contributed by atoms with Crippen molar-refractivity contribution in [3.63, 3.8) is 0 Å². The Labute approximate surface area is 209 Å². The Bertz CT molecular complexity index is 1470. The van der Waals surface area contributed by atoms with Gasteiger partial charge >= 0.3 is 6.03 Å². The molecule has 35 heavy (non-hydrogen) atoms. The Hall–Kier alpha value is -3.95. The second-order valence-corrected chi connectivity index (χ2v) is 8.71. The van der Waals surface area contributed by atoms with Gasteiger partial charge in [0.2, 0.25) is 0 Å². The standard InChI is InChI=1S/C24H18Cl2N4O5/c1-12-9-16(30(34)35)7-8-19(12)28-13(2)10-15(14(28)3)11-17-22(31)27-24(33)29(23(17)32)20-6-4-5-18(25)21(20)26/h4-11H,1-3H3,(H,27,31,33)/b17-11+. The van der Waals surface area contributed by atoms with E-state index in [-0.39, 0.29) is 27.0 Å². The Morgan fingerprint density at radius 1 is 1.00 bits per heavy atom. The van der Waals surface area contributed by atoms with E-state index in [0.717, 1.165) is 16.3 Å². The number of rotatable bonds is 4. The molecule has 1 saturated heterocycles. The van der Waals surface area contributed by atoms with E-state index < -0.39 is 22.8 Å². The summed E-state index contributed by atoms with van der Waals surface area (Å²) in [6, 6.07) is 9.86. The number of barbiturate groups is 1. The number of non-ortho nitro benzene ring substituents is 1. The van der Waals surface area contributed by atoms with Crippen LogP contribution in [0.1, 0.15) is 22.5 Å². The molecule has 1 N–H and O–H groups in total. The van der Waals surface area contributed by atoms with Gasteiger partial charge in [0.15, 0.2) is 0 Å². The second-order valence-electron chi connectivity index (χ2n) is 7.92. The van der Waals surface area contributed by atoms with Gasteiger partial charge in [-0.05, 0) is 62.2 Å². The third-order valence-corrected chi connectivity index (χ3v) is 6.48. The molecule has 178 valence electrons. The average Bonchev–Trinajstić information content (AvgIpc) is 3.06. The van der Waals surface area contributed by atoms with Crippen LogP contribution in [0, 0.1) is 30.9 Å². The number of urea groups is 1. The molecule has 0 radical (unpaired) electrons. The SMILES string of the molecule is Cc1cc([N+](=O)[O-])ccc1-n1c(C)cc(/C=C2\C(=O)NC(=O)N(c3cccc(Cl)c3Cl)C2=O)c1C. The molecule has 1 fully saturated rings. The molecule has 4 rings (SSSR count). The van der Waals surface area contributed by atoms with Crippen LogP contribution in [0.3, 0.4) is 0 Å². The number of carbonyl (C=O) groups is 3. The van der Waals surface area contributed by atoms with Gasteiger partial charge in [0.05, 0.1) is 20.7 Å². The van der Waals surface area contributed by atoms with Crippen LogP contribution in [-0.4, -0.2) is 27.3 Å². The van der Waals surface area contributed by atoms with Crippen LogP contribution in [0.5, 0.6) is 0 Å². The fourth-order valence-electron chi connectivity index (χ4n) is 4.01. The highest BCUT2D eigenvalue weighted by Gasteiger charge is 2.38. The van der Waals surface area contributed by atoms with Gasteiger partial charge < -0.3 is 4.57 Å². The lowest BCUT2D eigenvalue weighted by Crippen LogP contribution is -2.54.